The summed E-state index contributed by atoms with van der Waals surface area (Å²) in [5, 5.41) is 0. The topological polar surface area (TPSA) is 46.6 Å². The standard InChI is InChI=1S/C14H15NO3/c1-9-7-8-14(18-9)13(17)11-5-3-4-6-12(11)15(14)10(2)16/h3-6,9H,7-8H2,1-2H3. The number of fused-ring (bicyclic) bond motifs is 1. The number of hydrogen-bond donors (Lipinski definition) is 0. The molecule has 1 fully saturated rings. The molecule has 2 atom stereocenters. The van der Waals surface area contributed by atoms with Crippen molar-refractivity contribution in [3.63, 3.8) is 0 Å². The predicted octanol–water partition coefficient (Wildman–Crippen LogP) is 2.13. The summed E-state index contributed by atoms with van der Waals surface area (Å²) in [6.07, 6.45) is 1.37. The second-order valence-electron chi connectivity index (χ2n) is 4.95. The zero-order valence-corrected chi connectivity index (χ0v) is 10.5. The molecule has 2 unspecified atom stereocenters. The van der Waals surface area contributed by atoms with Crippen molar-refractivity contribution >= 4 is 17.4 Å². The summed E-state index contributed by atoms with van der Waals surface area (Å²) >= 11 is 0. The number of ether oxygens (including phenoxy) is 1. The molecule has 0 N–H and O–H groups in total. The molecule has 3 rings (SSSR count). The molecule has 0 aromatic heterocycles. The van der Waals surface area contributed by atoms with E-state index in [1.54, 1.807) is 12.1 Å². The number of carbonyl (C=O) groups is 2. The van der Waals surface area contributed by atoms with Crippen LogP contribution < -0.4 is 4.90 Å². The van der Waals surface area contributed by atoms with Crippen molar-refractivity contribution < 1.29 is 14.3 Å². The van der Waals surface area contributed by atoms with Gasteiger partial charge in [0.15, 0.2) is 0 Å². The minimum Gasteiger partial charge on any atom is -0.345 e. The fourth-order valence-electron chi connectivity index (χ4n) is 2.97. The largest absolute Gasteiger partial charge is 0.345 e. The Morgan fingerprint density at radius 2 is 2.17 bits per heavy atom. The zero-order chi connectivity index (χ0) is 12.9. The number of benzene rings is 1. The highest BCUT2D eigenvalue weighted by Crippen LogP contribution is 2.46. The normalized spacial score (nSPS) is 30.0. The van der Waals surface area contributed by atoms with Gasteiger partial charge in [-0.2, -0.15) is 0 Å². The lowest BCUT2D eigenvalue weighted by Crippen LogP contribution is -2.52. The van der Waals surface area contributed by atoms with Gasteiger partial charge < -0.3 is 4.74 Å². The summed E-state index contributed by atoms with van der Waals surface area (Å²) in [5.74, 6) is -0.236. The van der Waals surface area contributed by atoms with E-state index in [9.17, 15) is 9.59 Å². The van der Waals surface area contributed by atoms with Crippen LogP contribution in [0.15, 0.2) is 24.3 Å². The van der Waals surface area contributed by atoms with Crippen LogP contribution in [0.1, 0.15) is 37.0 Å². The molecule has 94 valence electrons. The number of amides is 1. The van der Waals surface area contributed by atoms with E-state index in [2.05, 4.69) is 0 Å². The van der Waals surface area contributed by atoms with Gasteiger partial charge in [-0.15, -0.1) is 0 Å². The van der Waals surface area contributed by atoms with Gasteiger partial charge in [0.1, 0.15) is 0 Å². The molecule has 4 nitrogen and oxygen atoms in total. The molecule has 1 spiro atoms. The second kappa shape index (κ2) is 3.65. The molecule has 1 amide bonds. The van der Waals surface area contributed by atoms with Crippen molar-refractivity contribution in [1.82, 2.24) is 0 Å². The van der Waals surface area contributed by atoms with Crippen LogP contribution in [0.4, 0.5) is 5.69 Å². The van der Waals surface area contributed by atoms with Gasteiger partial charge in [0.05, 0.1) is 11.8 Å². The van der Waals surface area contributed by atoms with Crippen LogP contribution >= 0.6 is 0 Å². The van der Waals surface area contributed by atoms with Crippen molar-refractivity contribution in [2.24, 2.45) is 0 Å². The van der Waals surface area contributed by atoms with Gasteiger partial charge in [0, 0.05) is 18.9 Å². The van der Waals surface area contributed by atoms with Gasteiger partial charge >= 0.3 is 0 Å². The smallest absolute Gasteiger partial charge is 0.226 e. The highest BCUT2D eigenvalue weighted by Gasteiger charge is 2.57. The monoisotopic (exact) mass is 245 g/mol. The van der Waals surface area contributed by atoms with Crippen LogP contribution in [0.3, 0.4) is 0 Å². The summed E-state index contributed by atoms with van der Waals surface area (Å²) in [7, 11) is 0. The molecule has 1 aromatic rings. The molecule has 1 saturated heterocycles. The number of ketones is 1. The third kappa shape index (κ3) is 1.29. The third-order valence-corrected chi connectivity index (χ3v) is 3.71. The van der Waals surface area contributed by atoms with Crippen LogP contribution in [0.25, 0.3) is 0 Å². The fourth-order valence-corrected chi connectivity index (χ4v) is 2.97. The van der Waals surface area contributed by atoms with Crippen LogP contribution in [-0.4, -0.2) is 23.5 Å². The molecule has 0 saturated carbocycles. The molecule has 0 radical (unpaired) electrons. The van der Waals surface area contributed by atoms with Crippen LogP contribution in [0.5, 0.6) is 0 Å². The highest BCUT2D eigenvalue weighted by molar-refractivity contribution is 6.19. The Morgan fingerprint density at radius 3 is 2.78 bits per heavy atom. The SMILES string of the molecule is CC(=O)N1c2ccccc2C(=O)C12CCC(C)O2. The summed E-state index contributed by atoms with van der Waals surface area (Å²) in [6.45, 7) is 3.41. The minimum atomic E-state index is -1.09. The Balaban J connectivity index is 2.18. The average molecular weight is 245 g/mol. The Kier molecular flexibility index (Phi) is 2.32. The lowest BCUT2D eigenvalue weighted by atomic mass is 10.0. The van der Waals surface area contributed by atoms with Gasteiger partial charge in [-0.05, 0) is 25.5 Å². The average Bonchev–Trinajstić information content (AvgIpc) is 2.82. The molecule has 2 heterocycles. The number of anilines is 1. The van der Waals surface area contributed by atoms with E-state index in [0.717, 1.165) is 6.42 Å². The number of carbonyl (C=O) groups excluding carboxylic acids is 2. The second-order valence-corrected chi connectivity index (χ2v) is 4.95. The number of rotatable bonds is 0. The molecule has 0 bridgehead atoms. The van der Waals surface area contributed by atoms with E-state index >= 15 is 0 Å². The maximum Gasteiger partial charge on any atom is 0.226 e. The van der Waals surface area contributed by atoms with E-state index in [0.29, 0.717) is 17.7 Å². The van der Waals surface area contributed by atoms with Crippen molar-refractivity contribution in [1.29, 1.82) is 0 Å². The highest BCUT2D eigenvalue weighted by atomic mass is 16.5. The maximum atomic E-state index is 12.6. The summed E-state index contributed by atoms with van der Waals surface area (Å²) in [5.41, 5.74) is 0.167. The molecule has 1 aromatic carbocycles. The molecule has 4 heteroatoms. The lowest BCUT2D eigenvalue weighted by molar-refractivity contribution is -0.121. The van der Waals surface area contributed by atoms with Crippen molar-refractivity contribution in [2.45, 2.75) is 38.5 Å². The molecule has 18 heavy (non-hydrogen) atoms. The van der Waals surface area contributed by atoms with Gasteiger partial charge in [-0.25, -0.2) is 0 Å². The molecule has 2 aliphatic rings. The number of hydrogen-bond acceptors (Lipinski definition) is 3. The van der Waals surface area contributed by atoms with E-state index in [4.69, 9.17) is 4.74 Å². The van der Waals surface area contributed by atoms with E-state index in [1.165, 1.54) is 11.8 Å². The van der Waals surface area contributed by atoms with E-state index < -0.39 is 5.72 Å². The van der Waals surface area contributed by atoms with Crippen LogP contribution in [-0.2, 0) is 9.53 Å². The molecular formula is C14H15NO3. The first-order valence-electron chi connectivity index (χ1n) is 6.19. The Morgan fingerprint density at radius 1 is 1.44 bits per heavy atom. The lowest BCUT2D eigenvalue weighted by Gasteiger charge is -2.32. The Bertz CT molecular complexity index is 540. The van der Waals surface area contributed by atoms with Crippen molar-refractivity contribution in [3.8, 4) is 0 Å². The number of Topliss-reactive ketones (excluding diaryl/α,β-unsaturated/α-hetero) is 1. The summed E-state index contributed by atoms with van der Waals surface area (Å²) in [4.78, 5) is 26.0. The zero-order valence-electron chi connectivity index (χ0n) is 10.5. The van der Waals surface area contributed by atoms with Crippen molar-refractivity contribution in [2.75, 3.05) is 4.90 Å². The first kappa shape index (κ1) is 11.4. The maximum absolute atomic E-state index is 12.6. The first-order valence-corrected chi connectivity index (χ1v) is 6.19. The van der Waals surface area contributed by atoms with Gasteiger partial charge in [-0.3, -0.25) is 14.5 Å². The van der Waals surface area contributed by atoms with E-state index in [1.807, 2.05) is 19.1 Å². The van der Waals surface area contributed by atoms with E-state index in [-0.39, 0.29) is 17.8 Å². The van der Waals surface area contributed by atoms with Crippen molar-refractivity contribution in [3.05, 3.63) is 29.8 Å². The first-order chi connectivity index (χ1) is 8.56. The quantitative estimate of drug-likeness (QED) is 0.703. The minimum absolute atomic E-state index is 0.00473. The number of nitrogens with zero attached hydrogens (tertiary/aromatic N) is 1. The Hall–Kier alpha value is -1.68. The third-order valence-electron chi connectivity index (χ3n) is 3.71. The summed E-state index contributed by atoms with van der Waals surface area (Å²) < 4.78 is 5.83. The van der Waals surface area contributed by atoms with Gasteiger partial charge in [0.25, 0.3) is 0 Å². The van der Waals surface area contributed by atoms with Gasteiger partial charge in [-0.1, -0.05) is 12.1 Å². The predicted molar refractivity (Wildman–Crippen MR) is 66.4 cm³/mol. The Labute approximate surface area is 106 Å². The molecule has 2 aliphatic heterocycles. The van der Waals surface area contributed by atoms with Crippen LogP contribution in [0, 0.1) is 0 Å². The molecular weight excluding hydrogens is 230 g/mol. The summed E-state index contributed by atoms with van der Waals surface area (Å²) in [6, 6.07) is 7.20. The fraction of sp³-hybridized carbons (Fsp3) is 0.429. The molecule has 0 aliphatic carbocycles. The number of para-hydroxylation sites is 1. The van der Waals surface area contributed by atoms with Crippen LogP contribution in [0.2, 0.25) is 0 Å². The van der Waals surface area contributed by atoms with Gasteiger partial charge in [0.2, 0.25) is 17.4 Å².